The van der Waals surface area contributed by atoms with E-state index in [4.69, 9.17) is 27.4 Å². The first kappa shape index (κ1) is 26.5. The van der Waals surface area contributed by atoms with Gasteiger partial charge in [0, 0.05) is 6.54 Å². The van der Waals surface area contributed by atoms with Gasteiger partial charge in [0.15, 0.2) is 5.96 Å². The van der Waals surface area contributed by atoms with Gasteiger partial charge in [-0.1, -0.05) is 0 Å². The number of carbonyl (C=O) groups is 5. The number of aliphatic imine (C=N–C) groups is 1. The van der Waals surface area contributed by atoms with E-state index in [1.165, 1.54) is 0 Å². The average molecular weight is 433 g/mol. The van der Waals surface area contributed by atoms with Gasteiger partial charge in [0.1, 0.15) is 18.1 Å². The van der Waals surface area contributed by atoms with E-state index in [-0.39, 0.29) is 25.3 Å². The first-order valence-electron chi connectivity index (χ1n) is 8.72. The highest BCUT2D eigenvalue weighted by Gasteiger charge is 2.30. The van der Waals surface area contributed by atoms with Gasteiger partial charge in [-0.2, -0.15) is 0 Å². The number of amides is 3. The lowest BCUT2D eigenvalue weighted by atomic mass is 10.1. The highest BCUT2D eigenvalue weighted by atomic mass is 16.4. The van der Waals surface area contributed by atoms with E-state index in [1.54, 1.807) is 0 Å². The molecule has 0 aliphatic rings. The van der Waals surface area contributed by atoms with Gasteiger partial charge < -0.3 is 48.5 Å². The number of nitrogens with zero attached hydrogens (tertiary/aromatic N) is 1. The number of aliphatic hydroxyl groups is 1. The summed E-state index contributed by atoms with van der Waals surface area (Å²) in [5, 5.41) is 33.5. The molecule has 0 saturated heterocycles. The molecule has 0 bridgehead atoms. The summed E-state index contributed by atoms with van der Waals surface area (Å²) in [6, 6.07) is -4.48. The Labute approximate surface area is 171 Å². The fourth-order valence-corrected chi connectivity index (χ4v) is 2.14. The largest absolute Gasteiger partial charge is 0.481 e. The van der Waals surface area contributed by atoms with E-state index in [9.17, 15) is 29.1 Å². The van der Waals surface area contributed by atoms with Crippen LogP contribution >= 0.6 is 0 Å². The Morgan fingerprint density at radius 1 is 0.900 bits per heavy atom. The number of hydrogen-bond donors (Lipinski definition) is 9. The van der Waals surface area contributed by atoms with Crippen LogP contribution < -0.4 is 33.2 Å². The fraction of sp³-hybridized carbons (Fsp3) is 0.600. The standard InChI is InChI=1S/C15H27N7O8/c16-5-10(24)20-9(6-23)13(28)21-7(2-1-3-19-15(17)18)12(27)22-8(14(29)30)4-11(25)26/h7-9,23H,1-6,16H2,(H,20,24)(H,21,28)(H,22,27)(H,25,26)(H,29,30)(H4,17,18,19). The van der Waals surface area contributed by atoms with Crippen LogP contribution in [0.25, 0.3) is 0 Å². The van der Waals surface area contributed by atoms with Crippen molar-refractivity contribution in [2.45, 2.75) is 37.4 Å². The van der Waals surface area contributed by atoms with E-state index in [1.807, 2.05) is 5.32 Å². The molecular weight excluding hydrogens is 406 g/mol. The molecule has 0 aliphatic carbocycles. The summed E-state index contributed by atoms with van der Waals surface area (Å²) in [5.74, 6) is -5.89. The van der Waals surface area contributed by atoms with E-state index in [2.05, 4.69) is 15.6 Å². The monoisotopic (exact) mass is 433 g/mol. The van der Waals surface area contributed by atoms with Gasteiger partial charge in [0.05, 0.1) is 19.6 Å². The van der Waals surface area contributed by atoms with Crippen LogP contribution in [0, 0.1) is 0 Å². The molecule has 0 fully saturated rings. The van der Waals surface area contributed by atoms with Crippen molar-refractivity contribution < 1.29 is 39.3 Å². The Bertz CT molecular complexity index is 665. The van der Waals surface area contributed by atoms with Gasteiger partial charge in [-0.05, 0) is 12.8 Å². The fourth-order valence-electron chi connectivity index (χ4n) is 2.14. The number of aliphatic carboxylic acids is 2. The third-order valence-corrected chi connectivity index (χ3v) is 3.59. The number of carboxylic acids is 2. The number of rotatable bonds is 14. The van der Waals surface area contributed by atoms with Crippen LogP contribution in [0.2, 0.25) is 0 Å². The van der Waals surface area contributed by atoms with Crippen LogP contribution in [0.1, 0.15) is 19.3 Å². The van der Waals surface area contributed by atoms with E-state index < -0.39 is 67.4 Å². The normalized spacial score (nSPS) is 13.3. The SMILES string of the molecule is NCC(=O)NC(CO)C(=O)NC(CCCN=C(N)N)C(=O)NC(CC(=O)O)C(=O)O. The van der Waals surface area contributed by atoms with Crippen molar-refractivity contribution in [2.24, 2.45) is 22.2 Å². The molecule has 15 heteroatoms. The van der Waals surface area contributed by atoms with Crippen molar-refractivity contribution >= 4 is 35.6 Å². The maximum Gasteiger partial charge on any atom is 0.326 e. The summed E-state index contributed by atoms with van der Waals surface area (Å²) in [7, 11) is 0. The summed E-state index contributed by atoms with van der Waals surface area (Å²) in [6.45, 7) is -1.15. The maximum atomic E-state index is 12.5. The molecule has 0 rings (SSSR count). The second kappa shape index (κ2) is 13.7. The van der Waals surface area contributed by atoms with Gasteiger partial charge in [0.25, 0.3) is 0 Å². The number of guanidine groups is 1. The molecule has 0 aromatic rings. The number of hydrogen-bond acceptors (Lipinski definition) is 8. The van der Waals surface area contributed by atoms with Crippen LogP contribution in [0.3, 0.4) is 0 Å². The molecule has 0 aromatic heterocycles. The van der Waals surface area contributed by atoms with Gasteiger partial charge in [-0.3, -0.25) is 24.2 Å². The zero-order valence-electron chi connectivity index (χ0n) is 16.0. The Morgan fingerprint density at radius 2 is 1.47 bits per heavy atom. The molecule has 3 unspecified atom stereocenters. The summed E-state index contributed by atoms with van der Waals surface area (Å²) < 4.78 is 0. The maximum absolute atomic E-state index is 12.5. The zero-order chi connectivity index (χ0) is 23.3. The zero-order valence-corrected chi connectivity index (χ0v) is 16.0. The second-order valence-electron chi connectivity index (χ2n) is 6.01. The number of nitrogens with one attached hydrogen (secondary N) is 3. The summed E-state index contributed by atoms with van der Waals surface area (Å²) in [4.78, 5) is 61.7. The van der Waals surface area contributed by atoms with Crippen molar-refractivity contribution in [3.05, 3.63) is 0 Å². The molecule has 0 heterocycles. The smallest absolute Gasteiger partial charge is 0.326 e. The third-order valence-electron chi connectivity index (χ3n) is 3.59. The van der Waals surface area contributed by atoms with Crippen molar-refractivity contribution in [2.75, 3.05) is 19.7 Å². The van der Waals surface area contributed by atoms with E-state index >= 15 is 0 Å². The predicted octanol–water partition coefficient (Wildman–Crippen LogP) is -5.00. The highest BCUT2D eigenvalue weighted by Crippen LogP contribution is 2.02. The Kier molecular flexibility index (Phi) is 12.1. The van der Waals surface area contributed by atoms with Gasteiger partial charge in [0.2, 0.25) is 17.7 Å². The molecule has 0 radical (unpaired) electrons. The minimum atomic E-state index is -1.74. The molecule has 0 aromatic carbocycles. The number of carbonyl (C=O) groups excluding carboxylic acids is 3. The summed E-state index contributed by atoms with van der Waals surface area (Å²) in [5.41, 5.74) is 15.5. The van der Waals surface area contributed by atoms with Crippen molar-refractivity contribution in [3.63, 3.8) is 0 Å². The average Bonchev–Trinajstić information content (AvgIpc) is 2.66. The second-order valence-corrected chi connectivity index (χ2v) is 6.01. The Hall–Kier alpha value is -3.46. The molecule has 30 heavy (non-hydrogen) atoms. The first-order chi connectivity index (χ1) is 14.0. The van der Waals surface area contributed by atoms with Crippen LogP contribution in [-0.2, 0) is 24.0 Å². The Balaban J connectivity index is 5.31. The van der Waals surface area contributed by atoms with Crippen molar-refractivity contribution in [1.29, 1.82) is 0 Å². The molecular formula is C15H27N7O8. The molecule has 12 N–H and O–H groups in total. The van der Waals surface area contributed by atoms with Crippen LogP contribution in [0.4, 0.5) is 0 Å². The molecule has 0 spiro atoms. The Morgan fingerprint density at radius 3 is 1.93 bits per heavy atom. The van der Waals surface area contributed by atoms with E-state index in [0.29, 0.717) is 0 Å². The summed E-state index contributed by atoms with van der Waals surface area (Å²) >= 11 is 0. The topological polar surface area (TPSA) is 273 Å². The molecule has 0 aliphatic heterocycles. The lowest BCUT2D eigenvalue weighted by molar-refractivity contribution is -0.147. The molecule has 170 valence electrons. The van der Waals surface area contributed by atoms with Crippen LogP contribution in [0.15, 0.2) is 4.99 Å². The number of carboxylic acid groups (broad SMARTS) is 2. The van der Waals surface area contributed by atoms with Crippen LogP contribution in [0.5, 0.6) is 0 Å². The van der Waals surface area contributed by atoms with Crippen LogP contribution in [-0.4, -0.2) is 88.8 Å². The molecule has 0 saturated carbocycles. The van der Waals surface area contributed by atoms with E-state index in [0.717, 1.165) is 0 Å². The highest BCUT2D eigenvalue weighted by molar-refractivity contribution is 5.94. The molecule has 15 nitrogen and oxygen atoms in total. The van der Waals surface area contributed by atoms with Gasteiger partial charge in [-0.15, -0.1) is 0 Å². The third kappa shape index (κ3) is 10.8. The molecule has 3 amide bonds. The number of aliphatic hydroxyl groups excluding tert-OH is 1. The van der Waals surface area contributed by atoms with Gasteiger partial charge in [-0.25, -0.2) is 4.79 Å². The van der Waals surface area contributed by atoms with Gasteiger partial charge >= 0.3 is 11.9 Å². The quantitative estimate of drug-likeness (QED) is 0.0710. The minimum absolute atomic E-state index is 0.0588. The lowest BCUT2D eigenvalue weighted by Crippen LogP contribution is -2.57. The molecule has 3 atom stereocenters. The first-order valence-corrected chi connectivity index (χ1v) is 8.72. The van der Waals surface area contributed by atoms with Crippen molar-refractivity contribution in [3.8, 4) is 0 Å². The van der Waals surface area contributed by atoms with Crippen molar-refractivity contribution in [1.82, 2.24) is 16.0 Å². The minimum Gasteiger partial charge on any atom is -0.481 e. The lowest BCUT2D eigenvalue weighted by Gasteiger charge is -2.23. The summed E-state index contributed by atoms with van der Waals surface area (Å²) in [6.07, 6.45) is -0.760. The predicted molar refractivity (Wildman–Crippen MR) is 102 cm³/mol. The number of nitrogens with two attached hydrogens (primary N) is 3.